The van der Waals surface area contributed by atoms with Crippen LogP contribution in [0.4, 0.5) is 0 Å². The minimum Gasteiger partial charge on any atom is -0.289 e. The molecule has 1 unspecified atom stereocenters. The molecule has 1 aliphatic rings. The quantitative estimate of drug-likeness (QED) is 0.394. The van der Waals surface area contributed by atoms with E-state index in [1.165, 1.54) is 19.5 Å². The fraction of sp³-hybridized carbons (Fsp3) is 1.00. The van der Waals surface area contributed by atoms with Gasteiger partial charge in [0.1, 0.15) is 0 Å². The predicted octanol–water partition coefficient (Wildman–Crippen LogP) is 2.50. The van der Waals surface area contributed by atoms with Crippen molar-refractivity contribution in [2.24, 2.45) is 5.92 Å². The fourth-order valence-corrected chi connectivity index (χ4v) is 1.86. The molecule has 1 heterocycles. The van der Waals surface area contributed by atoms with Crippen molar-refractivity contribution >= 4 is 22.6 Å². The molecule has 0 aromatic heterocycles. The van der Waals surface area contributed by atoms with Crippen LogP contribution in [0.3, 0.4) is 0 Å². The lowest BCUT2D eigenvalue weighted by Gasteiger charge is -2.29. The summed E-state index contributed by atoms with van der Waals surface area (Å²) in [6.45, 7) is 9.48. The Hall–Kier alpha value is 0.690. The average molecular weight is 253 g/mol. The summed E-state index contributed by atoms with van der Waals surface area (Å²) >= 11 is 2.51. The first-order valence-electron chi connectivity index (χ1n) is 3.94. The number of rotatable bonds is 1. The molecule has 0 amide bonds. The molecule has 60 valence electrons. The number of halogens is 1. The number of alkyl halides is 1. The Balaban J connectivity index is 2.45. The van der Waals surface area contributed by atoms with Gasteiger partial charge in [0.2, 0.25) is 0 Å². The highest BCUT2D eigenvalue weighted by Crippen LogP contribution is 2.28. The van der Waals surface area contributed by atoms with Gasteiger partial charge in [0.15, 0.2) is 0 Å². The summed E-state index contributed by atoms with van der Waals surface area (Å²) in [5.41, 5.74) is 0. The molecule has 0 aliphatic carbocycles. The Morgan fingerprint density at radius 3 is 2.30 bits per heavy atom. The van der Waals surface area contributed by atoms with Crippen molar-refractivity contribution < 1.29 is 0 Å². The maximum Gasteiger partial charge on any atom is 0.0673 e. The zero-order valence-corrected chi connectivity index (χ0v) is 9.18. The third-order valence-corrected chi connectivity index (χ3v) is 2.86. The smallest absolute Gasteiger partial charge is 0.0673 e. The van der Waals surface area contributed by atoms with Gasteiger partial charge in [0.25, 0.3) is 0 Å². The van der Waals surface area contributed by atoms with Gasteiger partial charge in [0.05, 0.1) is 3.55 Å². The maximum atomic E-state index is 2.55. The molecule has 0 saturated carbocycles. The van der Waals surface area contributed by atoms with Crippen LogP contribution in [-0.2, 0) is 0 Å². The molecule has 2 heteroatoms. The lowest BCUT2D eigenvalue weighted by atomic mass is 10.2. The second-order valence-corrected chi connectivity index (χ2v) is 6.39. The Bertz CT molecular complexity index is 117. The number of hydrogen-bond acceptors (Lipinski definition) is 1. The third-order valence-electron chi connectivity index (χ3n) is 2.18. The second kappa shape index (κ2) is 2.97. The minimum atomic E-state index is 0.364. The topological polar surface area (TPSA) is 3.24 Å². The number of nitrogens with zero attached hydrogens (tertiary/aromatic N) is 1. The Kier molecular flexibility index (Phi) is 2.61. The molecule has 1 fully saturated rings. The van der Waals surface area contributed by atoms with E-state index in [2.05, 4.69) is 48.3 Å². The summed E-state index contributed by atoms with van der Waals surface area (Å²) < 4.78 is 0.364. The van der Waals surface area contributed by atoms with Crippen LogP contribution >= 0.6 is 22.6 Å². The van der Waals surface area contributed by atoms with Crippen molar-refractivity contribution in [3.63, 3.8) is 0 Å². The van der Waals surface area contributed by atoms with Gasteiger partial charge in [-0.3, -0.25) is 4.90 Å². The summed E-state index contributed by atoms with van der Waals surface area (Å²) in [7, 11) is 0. The monoisotopic (exact) mass is 253 g/mol. The van der Waals surface area contributed by atoms with Crippen LogP contribution in [-0.4, -0.2) is 21.5 Å². The zero-order valence-electron chi connectivity index (χ0n) is 7.02. The SMILES string of the molecule is CC1CCN(C(C)(C)I)C1. The van der Waals surface area contributed by atoms with E-state index in [9.17, 15) is 0 Å². The van der Waals surface area contributed by atoms with Crippen LogP contribution in [0, 0.1) is 5.92 Å². The van der Waals surface area contributed by atoms with Crippen molar-refractivity contribution in [2.45, 2.75) is 30.7 Å². The number of hydrogen-bond donors (Lipinski definition) is 0. The molecular formula is C8H16IN. The van der Waals surface area contributed by atoms with Gasteiger partial charge < -0.3 is 0 Å². The van der Waals surface area contributed by atoms with Crippen LogP contribution in [0.2, 0.25) is 0 Å². The van der Waals surface area contributed by atoms with E-state index in [4.69, 9.17) is 0 Å². The molecule has 0 bridgehead atoms. The average Bonchev–Trinajstić information content (AvgIpc) is 2.11. The van der Waals surface area contributed by atoms with Crippen molar-refractivity contribution in [1.29, 1.82) is 0 Å². The predicted molar refractivity (Wildman–Crippen MR) is 53.5 cm³/mol. The van der Waals surface area contributed by atoms with E-state index < -0.39 is 0 Å². The van der Waals surface area contributed by atoms with Gasteiger partial charge in [-0.1, -0.05) is 29.5 Å². The highest BCUT2D eigenvalue weighted by molar-refractivity contribution is 14.1. The van der Waals surface area contributed by atoms with E-state index in [1.807, 2.05) is 0 Å². The van der Waals surface area contributed by atoms with Gasteiger partial charge in [-0.05, 0) is 32.7 Å². The Morgan fingerprint density at radius 2 is 2.10 bits per heavy atom. The zero-order chi connectivity index (χ0) is 7.78. The van der Waals surface area contributed by atoms with Gasteiger partial charge in [0, 0.05) is 6.54 Å². The summed E-state index contributed by atoms with van der Waals surface area (Å²) in [6.07, 6.45) is 1.38. The summed E-state index contributed by atoms with van der Waals surface area (Å²) in [4.78, 5) is 2.55. The number of likely N-dealkylation sites (tertiary alicyclic amines) is 1. The molecule has 0 aromatic carbocycles. The second-order valence-electron chi connectivity index (χ2n) is 3.75. The molecule has 1 aliphatic heterocycles. The standard InChI is InChI=1S/C8H16IN/c1-7-4-5-10(6-7)8(2,3)9/h7H,4-6H2,1-3H3. The van der Waals surface area contributed by atoms with E-state index in [-0.39, 0.29) is 0 Å². The summed E-state index contributed by atoms with van der Waals surface area (Å²) in [5.74, 6) is 0.911. The third kappa shape index (κ3) is 2.09. The first kappa shape index (κ1) is 8.78. The normalized spacial score (nSPS) is 29.4. The first-order valence-corrected chi connectivity index (χ1v) is 5.02. The van der Waals surface area contributed by atoms with Crippen LogP contribution < -0.4 is 0 Å². The lowest BCUT2D eigenvalue weighted by molar-refractivity contribution is 0.253. The Morgan fingerprint density at radius 1 is 1.50 bits per heavy atom. The molecule has 10 heavy (non-hydrogen) atoms. The largest absolute Gasteiger partial charge is 0.289 e. The van der Waals surface area contributed by atoms with Gasteiger partial charge in [-0.15, -0.1) is 0 Å². The van der Waals surface area contributed by atoms with Gasteiger partial charge in [-0.2, -0.15) is 0 Å². The van der Waals surface area contributed by atoms with Crippen LogP contribution in [0.15, 0.2) is 0 Å². The van der Waals surface area contributed by atoms with E-state index in [0.717, 1.165) is 5.92 Å². The van der Waals surface area contributed by atoms with E-state index in [0.29, 0.717) is 3.55 Å². The van der Waals surface area contributed by atoms with E-state index in [1.54, 1.807) is 0 Å². The molecule has 0 spiro atoms. The highest BCUT2D eigenvalue weighted by Gasteiger charge is 2.28. The van der Waals surface area contributed by atoms with Crippen LogP contribution in [0.1, 0.15) is 27.2 Å². The molecule has 0 radical (unpaired) electrons. The summed E-state index contributed by atoms with van der Waals surface area (Å²) in [5, 5.41) is 0. The Labute approximate surface area is 77.3 Å². The van der Waals surface area contributed by atoms with Crippen molar-refractivity contribution in [2.75, 3.05) is 13.1 Å². The van der Waals surface area contributed by atoms with Crippen molar-refractivity contribution in [3.8, 4) is 0 Å². The molecule has 1 rings (SSSR count). The molecule has 1 nitrogen and oxygen atoms in total. The maximum absolute atomic E-state index is 2.55. The van der Waals surface area contributed by atoms with E-state index >= 15 is 0 Å². The van der Waals surface area contributed by atoms with Gasteiger partial charge >= 0.3 is 0 Å². The molecule has 1 saturated heterocycles. The molecule has 0 aromatic rings. The fourth-order valence-electron chi connectivity index (χ4n) is 1.42. The van der Waals surface area contributed by atoms with Crippen molar-refractivity contribution in [3.05, 3.63) is 0 Å². The van der Waals surface area contributed by atoms with Crippen LogP contribution in [0.25, 0.3) is 0 Å². The minimum absolute atomic E-state index is 0.364. The molecular weight excluding hydrogens is 237 g/mol. The van der Waals surface area contributed by atoms with Gasteiger partial charge in [-0.25, -0.2) is 0 Å². The molecule has 0 N–H and O–H groups in total. The first-order chi connectivity index (χ1) is 4.50. The van der Waals surface area contributed by atoms with Crippen molar-refractivity contribution in [1.82, 2.24) is 4.90 Å². The lowest BCUT2D eigenvalue weighted by Crippen LogP contribution is -2.36. The summed E-state index contributed by atoms with van der Waals surface area (Å²) in [6, 6.07) is 0. The molecule has 1 atom stereocenters. The van der Waals surface area contributed by atoms with Crippen LogP contribution in [0.5, 0.6) is 0 Å². The highest BCUT2D eigenvalue weighted by atomic mass is 127.